The molecular formula is C30H28BrClN6S. The van der Waals surface area contributed by atoms with Gasteiger partial charge in [-0.25, -0.2) is 4.98 Å². The second kappa shape index (κ2) is 12.1. The minimum atomic E-state index is 0.408. The standard InChI is InChI=1S/C30H28BrClN6S/c31-26-19-35-38-29(34-18-21-4-3-13-33-17-21)16-27(36-30(26)38)22-11-14-37(15-12-22)20-23-5-1-2-6-28(23)39-25-9-7-24(32)8-10-25/h1-10,13,16-17,19,22,34H,11-12,14-15,18,20H2. The lowest BCUT2D eigenvalue weighted by Crippen LogP contribution is -2.33. The number of rotatable bonds is 8. The molecule has 3 aromatic heterocycles. The maximum Gasteiger partial charge on any atom is 0.171 e. The molecule has 6 rings (SSSR count). The molecule has 39 heavy (non-hydrogen) atoms. The highest BCUT2D eigenvalue weighted by Crippen LogP contribution is 2.34. The van der Waals surface area contributed by atoms with Gasteiger partial charge in [-0.2, -0.15) is 9.61 Å². The van der Waals surface area contributed by atoms with Crippen molar-refractivity contribution in [2.24, 2.45) is 0 Å². The number of aromatic nitrogens is 4. The third kappa shape index (κ3) is 6.30. The maximum atomic E-state index is 6.08. The average Bonchev–Trinajstić information content (AvgIpc) is 3.35. The van der Waals surface area contributed by atoms with Crippen molar-refractivity contribution >= 4 is 50.8 Å². The van der Waals surface area contributed by atoms with Gasteiger partial charge in [-0.05, 0) is 89.4 Å². The van der Waals surface area contributed by atoms with Crippen LogP contribution in [-0.4, -0.2) is 37.6 Å². The van der Waals surface area contributed by atoms with Gasteiger partial charge >= 0.3 is 0 Å². The molecule has 1 aliphatic heterocycles. The van der Waals surface area contributed by atoms with Crippen LogP contribution in [0.15, 0.2) is 99.6 Å². The van der Waals surface area contributed by atoms with Crippen molar-refractivity contribution in [1.29, 1.82) is 0 Å². The number of fused-ring (bicyclic) bond motifs is 1. The number of hydrogen-bond donors (Lipinski definition) is 1. The smallest absolute Gasteiger partial charge is 0.171 e. The fourth-order valence-electron chi connectivity index (χ4n) is 4.98. The van der Waals surface area contributed by atoms with Gasteiger partial charge in [-0.1, -0.05) is 47.6 Å². The molecule has 1 fully saturated rings. The number of piperidine rings is 1. The predicted molar refractivity (Wildman–Crippen MR) is 162 cm³/mol. The Kier molecular flexibility index (Phi) is 8.16. The van der Waals surface area contributed by atoms with Gasteiger partial charge in [0.15, 0.2) is 5.65 Å². The van der Waals surface area contributed by atoms with Crippen LogP contribution in [0.25, 0.3) is 5.65 Å². The average molecular weight is 620 g/mol. The Labute approximate surface area is 246 Å². The summed E-state index contributed by atoms with van der Waals surface area (Å²) in [6, 6.07) is 23.0. The van der Waals surface area contributed by atoms with Crippen molar-refractivity contribution in [2.45, 2.75) is 41.6 Å². The summed E-state index contributed by atoms with van der Waals surface area (Å²) >= 11 is 11.5. The van der Waals surface area contributed by atoms with Crippen LogP contribution in [0.5, 0.6) is 0 Å². The summed E-state index contributed by atoms with van der Waals surface area (Å²) in [5, 5.41) is 8.84. The van der Waals surface area contributed by atoms with Crippen molar-refractivity contribution in [2.75, 3.05) is 18.4 Å². The quantitative estimate of drug-likeness (QED) is 0.192. The predicted octanol–water partition coefficient (Wildman–Crippen LogP) is 7.68. The van der Waals surface area contributed by atoms with E-state index in [9.17, 15) is 0 Å². The summed E-state index contributed by atoms with van der Waals surface area (Å²) in [6.45, 7) is 3.70. The maximum absolute atomic E-state index is 6.08. The van der Waals surface area contributed by atoms with Gasteiger partial charge < -0.3 is 5.32 Å². The highest BCUT2D eigenvalue weighted by molar-refractivity contribution is 9.10. The van der Waals surface area contributed by atoms with Crippen LogP contribution in [0, 0.1) is 0 Å². The number of likely N-dealkylation sites (tertiary alicyclic amines) is 1. The van der Waals surface area contributed by atoms with Crippen molar-refractivity contribution in [1.82, 2.24) is 24.5 Å². The third-order valence-corrected chi connectivity index (χ3v) is 9.00. The van der Waals surface area contributed by atoms with Crippen LogP contribution >= 0.6 is 39.3 Å². The SMILES string of the molecule is Clc1ccc(Sc2ccccc2CN2CCC(c3cc(NCc4cccnc4)n4ncc(Br)c4n3)CC2)cc1. The molecule has 4 heterocycles. The molecule has 0 amide bonds. The number of anilines is 1. The molecule has 0 unspecified atom stereocenters. The highest BCUT2D eigenvalue weighted by atomic mass is 79.9. The summed E-state index contributed by atoms with van der Waals surface area (Å²) in [7, 11) is 0. The summed E-state index contributed by atoms with van der Waals surface area (Å²) in [4.78, 5) is 14.3. The van der Waals surface area contributed by atoms with E-state index >= 15 is 0 Å². The van der Waals surface area contributed by atoms with E-state index in [1.165, 1.54) is 15.4 Å². The lowest BCUT2D eigenvalue weighted by molar-refractivity contribution is 0.202. The van der Waals surface area contributed by atoms with E-state index in [-0.39, 0.29) is 0 Å². The zero-order chi connectivity index (χ0) is 26.6. The Balaban J connectivity index is 1.14. The van der Waals surface area contributed by atoms with Gasteiger partial charge in [0.05, 0.1) is 10.7 Å². The molecule has 0 radical (unpaired) electrons. The molecular weight excluding hydrogens is 592 g/mol. The minimum Gasteiger partial charge on any atom is -0.366 e. The van der Waals surface area contributed by atoms with Crippen LogP contribution in [0.2, 0.25) is 5.02 Å². The molecule has 198 valence electrons. The van der Waals surface area contributed by atoms with Crippen molar-refractivity contribution in [3.63, 3.8) is 0 Å². The van der Waals surface area contributed by atoms with E-state index in [2.05, 4.69) is 84.8 Å². The van der Waals surface area contributed by atoms with Crippen molar-refractivity contribution in [3.05, 3.63) is 112 Å². The first-order valence-corrected chi connectivity index (χ1v) is 15.0. The first-order chi connectivity index (χ1) is 19.1. The molecule has 1 aliphatic rings. The van der Waals surface area contributed by atoms with Crippen LogP contribution in [0.1, 0.15) is 35.6 Å². The van der Waals surface area contributed by atoms with Crippen LogP contribution in [0.3, 0.4) is 0 Å². The van der Waals surface area contributed by atoms with E-state index in [1.807, 2.05) is 35.1 Å². The molecule has 6 nitrogen and oxygen atoms in total. The first-order valence-electron chi connectivity index (χ1n) is 13.0. The summed E-state index contributed by atoms with van der Waals surface area (Å²) in [6.07, 6.45) is 7.63. The normalized spacial score (nSPS) is 14.6. The fraction of sp³-hybridized carbons (Fsp3) is 0.233. The van der Waals surface area contributed by atoms with E-state index in [4.69, 9.17) is 16.6 Å². The molecule has 1 N–H and O–H groups in total. The first kappa shape index (κ1) is 26.3. The fourth-order valence-corrected chi connectivity index (χ4v) is 6.39. The Morgan fingerprint density at radius 2 is 1.82 bits per heavy atom. The molecule has 0 aliphatic carbocycles. The second-order valence-corrected chi connectivity index (χ2v) is 12.1. The molecule has 1 saturated heterocycles. The van der Waals surface area contributed by atoms with E-state index in [0.717, 1.165) is 64.7 Å². The van der Waals surface area contributed by atoms with Crippen LogP contribution < -0.4 is 5.32 Å². The number of halogens is 2. The van der Waals surface area contributed by atoms with Gasteiger partial charge in [0.1, 0.15) is 5.82 Å². The molecule has 0 spiro atoms. The second-order valence-electron chi connectivity index (χ2n) is 9.72. The van der Waals surface area contributed by atoms with Gasteiger partial charge in [0.2, 0.25) is 0 Å². The zero-order valence-corrected chi connectivity index (χ0v) is 24.5. The number of hydrogen-bond acceptors (Lipinski definition) is 6. The van der Waals surface area contributed by atoms with Crippen molar-refractivity contribution < 1.29 is 0 Å². The molecule has 0 atom stereocenters. The number of pyridine rings is 1. The Morgan fingerprint density at radius 1 is 1.00 bits per heavy atom. The number of nitrogens with zero attached hydrogens (tertiary/aromatic N) is 5. The minimum absolute atomic E-state index is 0.408. The van der Waals surface area contributed by atoms with Crippen LogP contribution in [-0.2, 0) is 13.1 Å². The van der Waals surface area contributed by atoms with E-state index in [0.29, 0.717) is 12.5 Å². The summed E-state index contributed by atoms with van der Waals surface area (Å²) in [5.74, 6) is 1.35. The highest BCUT2D eigenvalue weighted by Gasteiger charge is 2.24. The lowest BCUT2D eigenvalue weighted by atomic mass is 9.93. The Morgan fingerprint density at radius 3 is 2.62 bits per heavy atom. The van der Waals surface area contributed by atoms with Gasteiger partial charge in [-0.15, -0.1) is 0 Å². The summed E-state index contributed by atoms with van der Waals surface area (Å²) < 4.78 is 2.77. The molecule has 0 bridgehead atoms. The number of nitrogens with one attached hydrogen (secondary N) is 1. The summed E-state index contributed by atoms with van der Waals surface area (Å²) in [5.41, 5.74) is 4.45. The van der Waals surface area contributed by atoms with Gasteiger partial charge in [0, 0.05) is 58.0 Å². The van der Waals surface area contributed by atoms with Gasteiger partial charge in [0.25, 0.3) is 0 Å². The molecule has 9 heteroatoms. The van der Waals surface area contributed by atoms with Crippen LogP contribution in [0.4, 0.5) is 5.82 Å². The third-order valence-electron chi connectivity index (χ3n) is 7.06. The Hall–Kier alpha value is -2.91. The van der Waals surface area contributed by atoms with Gasteiger partial charge in [-0.3, -0.25) is 9.88 Å². The largest absolute Gasteiger partial charge is 0.366 e. The van der Waals surface area contributed by atoms with Crippen molar-refractivity contribution in [3.8, 4) is 0 Å². The Bertz CT molecular complexity index is 1550. The van der Waals surface area contributed by atoms with E-state index < -0.39 is 0 Å². The number of benzene rings is 2. The topological polar surface area (TPSA) is 58.4 Å². The lowest BCUT2D eigenvalue weighted by Gasteiger charge is -2.32. The zero-order valence-electron chi connectivity index (χ0n) is 21.3. The molecule has 5 aromatic rings. The van der Waals surface area contributed by atoms with E-state index in [1.54, 1.807) is 18.0 Å². The molecule has 0 saturated carbocycles. The molecule has 2 aromatic carbocycles. The monoisotopic (exact) mass is 618 g/mol.